The van der Waals surface area contributed by atoms with Crippen LogP contribution in [-0.4, -0.2) is 35.4 Å². The number of aliphatic hydroxyl groups is 1. The number of carbonyl (C=O) groups excluding carboxylic acids is 1. The highest BCUT2D eigenvalue weighted by Gasteiger charge is 2.23. The molecule has 0 saturated carbocycles. The van der Waals surface area contributed by atoms with E-state index in [0.29, 0.717) is 22.3 Å². The molecular weight excluding hydrogens is 351 g/mol. The summed E-state index contributed by atoms with van der Waals surface area (Å²) in [5.74, 6) is 0.151. The Morgan fingerprint density at radius 3 is 2.78 bits per heavy atom. The van der Waals surface area contributed by atoms with Crippen molar-refractivity contribution in [2.75, 3.05) is 13.7 Å². The number of carbonyl (C=O) groups is 1. The number of alkyl halides is 1. The standard InChI is InChI=1S/C11H17IN2O4/c1-11(2,17-3)6-13-10(16)9-7(5-15)8(4-12)18-14-9/h15H,4-6H2,1-3H3,(H,13,16). The fourth-order valence-electron chi connectivity index (χ4n) is 1.24. The highest BCUT2D eigenvalue weighted by Crippen LogP contribution is 2.17. The van der Waals surface area contributed by atoms with E-state index in [1.54, 1.807) is 7.11 Å². The summed E-state index contributed by atoms with van der Waals surface area (Å²) >= 11 is 2.08. The largest absolute Gasteiger partial charge is 0.391 e. The Balaban J connectivity index is 2.76. The Hall–Kier alpha value is -0.670. The molecule has 0 fully saturated rings. The van der Waals surface area contributed by atoms with E-state index in [9.17, 15) is 9.90 Å². The van der Waals surface area contributed by atoms with Crippen LogP contribution in [0.4, 0.5) is 0 Å². The molecule has 0 aliphatic heterocycles. The van der Waals surface area contributed by atoms with Gasteiger partial charge in [0.05, 0.1) is 22.2 Å². The number of hydrogen-bond donors (Lipinski definition) is 2. The predicted octanol–water partition coefficient (Wildman–Crippen LogP) is 1.26. The summed E-state index contributed by atoms with van der Waals surface area (Å²) in [7, 11) is 1.58. The SMILES string of the molecule is COC(C)(C)CNC(=O)c1noc(CI)c1CO. The van der Waals surface area contributed by atoms with E-state index >= 15 is 0 Å². The molecule has 102 valence electrons. The summed E-state index contributed by atoms with van der Waals surface area (Å²) in [5.41, 5.74) is 0.124. The predicted molar refractivity (Wildman–Crippen MR) is 73.6 cm³/mol. The van der Waals surface area contributed by atoms with Crippen molar-refractivity contribution in [1.82, 2.24) is 10.5 Å². The lowest BCUT2D eigenvalue weighted by Crippen LogP contribution is -2.40. The minimum absolute atomic E-state index is 0.135. The first-order valence-electron chi connectivity index (χ1n) is 5.42. The minimum Gasteiger partial charge on any atom is -0.391 e. The fourth-order valence-corrected chi connectivity index (χ4v) is 1.84. The molecule has 0 aliphatic rings. The van der Waals surface area contributed by atoms with E-state index in [1.165, 1.54) is 0 Å². The van der Waals surface area contributed by atoms with Crippen LogP contribution in [0.3, 0.4) is 0 Å². The Morgan fingerprint density at radius 2 is 2.28 bits per heavy atom. The third-order valence-corrected chi connectivity index (χ3v) is 3.28. The number of amides is 1. The second-order valence-corrected chi connectivity index (χ2v) is 5.13. The van der Waals surface area contributed by atoms with Gasteiger partial charge in [-0.25, -0.2) is 0 Å². The molecule has 0 atom stereocenters. The van der Waals surface area contributed by atoms with Crippen molar-refractivity contribution in [2.45, 2.75) is 30.5 Å². The molecule has 0 bridgehead atoms. The van der Waals surface area contributed by atoms with Gasteiger partial charge in [-0.2, -0.15) is 0 Å². The van der Waals surface area contributed by atoms with Gasteiger partial charge in [-0.05, 0) is 13.8 Å². The summed E-state index contributed by atoms with van der Waals surface area (Å²) in [5, 5.41) is 15.6. The number of aliphatic hydroxyl groups excluding tert-OH is 1. The summed E-state index contributed by atoms with van der Waals surface area (Å²) in [4.78, 5) is 11.9. The maximum atomic E-state index is 11.9. The summed E-state index contributed by atoms with van der Waals surface area (Å²) in [6.45, 7) is 3.80. The zero-order valence-corrected chi connectivity index (χ0v) is 12.8. The lowest BCUT2D eigenvalue weighted by molar-refractivity contribution is 0.0227. The number of halogens is 1. The van der Waals surface area contributed by atoms with Gasteiger partial charge in [-0.3, -0.25) is 4.79 Å². The maximum Gasteiger partial charge on any atom is 0.273 e. The Bertz CT molecular complexity index is 417. The van der Waals surface area contributed by atoms with E-state index in [1.807, 2.05) is 13.8 Å². The summed E-state index contributed by atoms with van der Waals surface area (Å²) in [6.07, 6.45) is 0. The molecule has 7 heteroatoms. The van der Waals surface area contributed by atoms with E-state index in [-0.39, 0.29) is 18.2 Å². The maximum absolute atomic E-state index is 11.9. The highest BCUT2D eigenvalue weighted by atomic mass is 127. The molecule has 1 amide bonds. The van der Waals surface area contributed by atoms with Crippen molar-refractivity contribution in [3.05, 3.63) is 17.0 Å². The van der Waals surface area contributed by atoms with Gasteiger partial charge in [0.2, 0.25) is 0 Å². The van der Waals surface area contributed by atoms with E-state index in [0.717, 1.165) is 0 Å². The fraction of sp³-hybridized carbons (Fsp3) is 0.636. The zero-order chi connectivity index (χ0) is 13.8. The first kappa shape index (κ1) is 15.4. The third kappa shape index (κ3) is 3.66. The lowest BCUT2D eigenvalue weighted by Gasteiger charge is -2.22. The average Bonchev–Trinajstić information content (AvgIpc) is 2.78. The summed E-state index contributed by atoms with van der Waals surface area (Å²) in [6, 6.07) is 0. The minimum atomic E-state index is -0.454. The molecule has 1 heterocycles. The van der Waals surface area contributed by atoms with Crippen LogP contribution in [-0.2, 0) is 15.8 Å². The molecule has 0 unspecified atom stereocenters. The number of hydrogen-bond acceptors (Lipinski definition) is 5. The van der Waals surface area contributed by atoms with Gasteiger partial charge in [0.1, 0.15) is 0 Å². The van der Waals surface area contributed by atoms with E-state index in [2.05, 4.69) is 33.1 Å². The van der Waals surface area contributed by atoms with Crippen LogP contribution < -0.4 is 5.32 Å². The molecule has 2 N–H and O–H groups in total. The monoisotopic (exact) mass is 368 g/mol. The molecule has 0 spiro atoms. The first-order chi connectivity index (χ1) is 8.45. The normalized spacial score (nSPS) is 11.6. The van der Waals surface area contributed by atoms with Gasteiger partial charge in [0.25, 0.3) is 5.91 Å². The number of nitrogens with one attached hydrogen (secondary N) is 1. The van der Waals surface area contributed by atoms with Crippen molar-refractivity contribution in [3.8, 4) is 0 Å². The molecule has 0 radical (unpaired) electrons. The number of aromatic nitrogens is 1. The van der Waals surface area contributed by atoms with Crippen molar-refractivity contribution in [1.29, 1.82) is 0 Å². The average molecular weight is 368 g/mol. The third-order valence-electron chi connectivity index (χ3n) is 2.59. The topological polar surface area (TPSA) is 84.6 Å². The van der Waals surface area contributed by atoms with Gasteiger partial charge in [0.15, 0.2) is 11.5 Å². The van der Waals surface area contributed by atoms with Crippen LogP contribution in [0.1, 0.15) is 35.7 Å². The molecule has 1 rings (SSSR count). The number of rotatable bonds is 6. The van der Waals surface area contributed by atoms with Crippen LogP contribution in [0, 0.1) is 0 Å². The van der Waals surface area contributed by atoms with Crippen molar-refractivity contribution < 1.29 is 19.2 Å². The quantitative estimate of drug-likeness (QED) is 0.583. The molecule has 1 aromatic heterocycles. The van der Waals surface area contributed by atoms with E-state index in [4.69, 9.17) is 9.26 Å². The molecule has 6 nitrogen and oxygen atoms in total. The highest BCUT2D eigenvalue weighted by molar-refractivity contribution is 14.1. The second kappa shape index (κ2) is 6.48. The molecule has 0 aliphatic carbocycles. The van der Waals surface area contributed by atoms with Gasteiger partial charge in [0, 0.05) is 13.7 Å². The molecular formula is C11H17IN2O4. The second-order valence-electron chi connectivity index (χ2n) is 4.37. The van der Waals surface area contributed by atoms with Crippen LogP contribution >= 0.6 is 22.6 Å². The van der Waals surface area contributed by atoms with Crippen molar-refractivity contribution >= 4 is 28.5 Å². The van der Waals surface area contributed by atoms with Crippen LogP contribution in [0.25, 0.3) is 0 Å². The van der Waals surface area contributed by atoms with Gasteiger partial charge in [-0.1, -0.05) is 27.7 Å². The van der Waals surface area contributed by atoms with Crippen LogP contribution in [0.15, 0.2) is 4.52 Å². The van der Waals surface area contributed by atoms with Crippen molar-refractivity contribution in [2.24, 2.45) is 0 Å². The van der Waals surface area contributed by atoms with E-state index < -0.39 is 5.60 Å². The van der Waals surface area contributed by atoms with Crippen molar-refractivity contribution in [3.63, 3.8) is 0 Å². The molecule has 0 aromatic carbocycles. The summed E-state index contributed by atoms with van der Waals surface area (Å²) < 4.78 is 10.8. The number of methoxy groups -OCH3 is 1. The lowest BCUT2D eigenvalue weighted by atomic mass is 10.1. The number of nitrogens with zero attached hydrogens (tertiary/aromatic N) is 1. The molecule has 1 aromatic rings. The van der Waals surface area contributed by atoms with Gasteiger partial charge in [-0.15, -0.1) is 0 Å². The Morgan fingerprint density at radius 1 is 1.61 bits per heavy atom. The first-order valence-corrected chi connectivity index (χ1v) is 6.95. The van der Waals surface area contributed by atoms with Gasteiger partial charge >= 0.3 is 0 Å². The zero-order valence-electron chi connectivity index (χ0n) is 10.6. The van der Waals surface area contributed by atoms with Crippen LogP contribution in [0.2, 0.25) is 0 Å². The molecule has 18 heavy (non-hydrogen) atoms. The van der Waals surface area contributed by atoms with Crippen LogP contribution in [0.5, 0.6) is 0 Å². The van der Waals surface area contributed by atoms with Gasteiger partial charge < -0.3 is 19.7 Å². The Kier molecular flexibility index (Phi) is 5.54. The smallest absolute Gasteiger partial charge is 0.273 e. The number of ether oxygens (including phenoxy) is 1. The Labute approximate surface area is 119 Å². The molecule has 0 saturated heterocycles.